The fourth-order valence-corrected chi connectivity index (χ4v) is 4.54. The maximum absolute atomic E-state index is 12.1. The van der Waals surface area contributed by atoms with E-state index in [4.69, 9.17) is 14.2 Å². The lowest BCUT2D eigenvalue weighted by molar-refractivity contribution is 0.0626. The molecule has 0 saturated carbocycles. The zero-order valence-electron chi connectivity index (χ0n) is 24.3. The zero-order chi connectivity index (χ0) is 30.2. The molecule has 2 aromatic heterocycles. The van der Waals surface area contributed by atoms with Gasteiger partial charge in [0, 0.05) is 18.8 Å². The molecule has 2 aromatic carbocycles. The van der Waals surface area contributed by atoms with Crippen LogP contribution in [0.5, 0.6) is 11.5 Å². The molecule has 0 radical (unpaired) electrons. The second kappa shape index (κ2) is 13.9. The maximum atomic E-state index is 12.1. The van der Waals surface area contributed by atoms with Gasteiger partial charge in [0.2, 0.25) is 0 Å². The van der Waals surface area contributed by atoms with Gasteiger partial charge in [-0.3, -0.25) is 19.0 Å². The number of hydrogen-bond donors (Lipinski definition) is 1. The molecular formula is C32H36N4O6. The summed E-state index contributed by atoms with van der Waals surface area (Å²) in [6.45, 7) is 8.58. The molecule has 4 aromatic rings. The smallest absolute Gasteiger partial charge is 0.188 e. The van der Waals surface area contributed by atoms with Gasteiger partial charge in [0.1, 0.15) is 22.9 Å². The number of ether oxygens (including phenoxy) is 3. The van der Waals surface area contributed by atoms with Crippen molar-refractivity contribution in [2.45, 2.75) is 45.6 Å². The number of methoxy groups -OCH3 is 2. The van der Waals surface area contributed by atoms with E-state index in [1.54, 1.807) is 36.7 Å². The van der Waals surface area contributed by atoms with Crippen LogP contribution >= 0.6 is 0 Å². The fourth-order valence-electron chi connectivity index (χ4n) is 4.54. The highest BCUT2D eigenvalue weighted by Gasteiger charge is 2.25. The van der Waals surface area contributed by atoms with Gasteiger partial charge in [0.05, 0.1) is 57.3 Å². The van der Waals surface area contributed by atoms with Crippen molar-refractivity contribution in [3.05, 3.63) is 107 Å². The molecule has 1 aliphatic heterocycles. The Morgan fingerprint density at radius 2 is 1.57 bits per heavy atom. The van der Waals surface area contributed by atoms with E-state index >= 15 is 0 Å². The molecule has 0 saturated heterocycles. The molecule has 42 heavy (non-hydrogen) atoms. The minimum Gasteiger partial charge on any atom is -0.497 e. The minimum atomic E-state index is -0.805. The predicted molar refractivity (Wildman–Crippen MR) is 157 cm³/mol. The van der Waals surface area contributed by atoms with Crippen LogP contribution in [0.2, 0.25) is 0 Å². The van der Waals surface area contributed by atoms with Crippen molar-refractivity contribution in [3.8, 4) is 11.5 Å². The highest BCUT2D eigenvalue weighted by molar-refractivity contribution is 6.04. The average Bonchev–Trinajstić information content (AvgIpc) is 3.60. The van der Waals surface area contributed by atoms with Crippen LogP contribution in [0.3, 0.4) is 0 Å². The van der Waals surface area contributed by atoms with Crippen LogP contribution in [0.4, 0.5) is 0 Å². The van der Waals surface area contributed by atoms with Gasteiger partial charge >= 0.3 is 0 Å². The number of rotatable bonds is 9. The molecule has 0 bridgehead atoms. The maximum Gasteiger partial charge on any atom is 0.188 e. The van der Waals surface area contributed by atoms with E-state index in [-0.39, 0.29) is 17.7 Å². The fraction of sp³-hybridized carbons (Fsp3) is 0.312. The number of benzene rings is 2. The standard InChI is InChI=1S/2C16H18N2O3/c1-11-16-14(15(19)7-8-21-11)10-18(17-16)9-12-3-5-13(20-2)6-4-12;1-4-15(20)14-10-18(17-16(14)11(2)19)9-12-5-7-13(21-3)8-6-12/h3-6,10-11H,7-9H2,1-2H3;4-8,10-11,19H,1,9H2,2-3H3. The van der Waals surface area contributed by atoms with Crippen molar-refractivity contribution < 1.29 is 28.9 Å². The first-order chi connectivity index (χ1) is 20.2. The van der Waals surface area contributed by atoms with E-state index in [0.29, 0.717) is 42.9 Å². The molecule has 0 fully saturated rings. The van der Waals surface area contributed by atoms with E-state index < -0.39 is 6.10 Å². The van der Waals surface area contributed by atoms with Crippen LogP contribution in [0.15, 0.2) is 73.6 Å². The number of carbonyl (C=O) groups excluding carboxylic acids is 2. The molecule has 2 atom stereocenters. The van der Waals surface area contributed by atoms with Crippen LogP contribution in [-0.2, 0) is 17.8 Å². The topological polar surface area (TPSA) is 118 Å². The van der Waals surface area contributed by atoms with Crippen LogP contribution < -0.4 is 9.47 Å². The SMILES string of the molecule is C=CC(=O)c1cn(Cc2ccc(OC)cc2)nc1C(C)O.COc1ccc(Cn2cc3c(n2)C(C)OCCC3=O)cc1. The third-order valence-corrected chi connectivity index (χ3v) is 6.82. The highest BCUT2D eigenvalue weighted by Crippen LogP contribution is 2.25. The highest BCUT2D eigenvalue weighted by atomic mass is 16.5. The van der Waals surface area contributed by atoms with Crippen molar-refractivity contribution in [3.63, 3.8) is 0 Å². The molecule has 0 amide bonds. The first-order valence-electron chi connectivity index (χ1n) is 13.6. The Bertz CT molecular complexity index is 1520. The average molecular weight is 573 g/mol. The number of fused-ring (bicyclic) bond motifs is 1. The predicted octanol–water partition coefficient (Wildman–Crippen LogP) is 4.97. The summed E-state index contributed by atoms with van der Waals surface area (Å²) >= 11 is 0. The van der Waals surface area contributed by atoms with Crippen molar-refractivity contribution in [1.29, 1.82) is 0 Å². The number of carbonyl (C=O) groups is 2. The molecule has 5 rings (SSSR count). The number of hydrogen-bond acceptors (Lipinski definition) is 8. The summed E-state index contributed by atoms with van der Waals surface area (Å²) in [5, 5.41) is 18.5. The van der Waals surface area contributed by atoms with Gasteiger partial charge < -0.3 is 19.3 Å². The normalized spacial score (nSPS) is 15.1. The molecule has 1 N–H and O–H groups in total. The van der Waals surface area contributed by atoms with Gasteiger partial charge in [-0.1, -0.05) is 30.8 Å². The molecule has 3 heterocycles. The van der Waals surface area contributed by atoms with E-state index in [9.17, 15) is 14.7 Å². The summed E-state index contributed by atoms with van der Waals surface area (Å²) in [6.07, 6.45) is 4.17. The molecule has 220 valence electrons. The summed E-state index contributed by atoms with van der Waals surface area (Å²) in [5.74, 6) is 1.47. The zero-order valence-corrected chi connectivity index (χ0v) is 24.3. The lowest BCUT2D eigenvalue weighted by Gasteiger charge is -2.07. The molecule has 0 spiro atoms. The number of Topliss-reactive ketones (excluding diaryl/α,β-unsaturated/α-hetero) is 1. The summed E-state index contributed by atoms with van der Waals surface area (Å²) < 4.78 is 19.3. The second-order valence-corrected chi connectivity index (χ2v) is 9.88. The first kappa shape index (κ1) is 30.4. The molecular weight excluding hydrogens is 536 g/mol. The lowest BCUT2D eigenvalue weighted by atomic mass is 10.1. The van der Waals surface area contributed by atoms with E-state index in [0.717, 1.165) is 28.3 Å². The Balaban J connectivity index is 0.000000193. The lowest BCUT2D eigenvalue weighted by Crippen LogP contribution is -2.04. The molecule has 0 aliphatic carbocycles. The Hall–Kier alpha value is -4.54. The van der Waals surface area contributed by atoms with Crippen LogP contribution in [0.1, 0.15) is 75.7 Å². The third-order valence-electron chi connectivity index (χ3n) is 6.82. The molecule has 10 nitrogen and oxygen atoms in total. The summed E-state index contributed by atoms with van der Waals surface area (Å²) in [6, 6.07) is 15.4. The molecule has 10 heteroatoms. The van der Waals surface area contributed by atoms with Crippen LogP contribution in [0.25, 0.3) is 0 Å². The van der Waals surface area contributed by atoms with Crippen molar-refractivity contribution in [2.24, 2.45) is 0 Å². The van der Waals surface area contributed by atoms with Crippen LogP contribution in [-0.4, -0.2) is 57.1 Å². The van der Waals surface area contributed by atoms with Gasteiger partial charge in [-0.2, -0.15) is 10.2 Å². The summed E-state index contributed by atoms with van der Waals surface area (Å²) in [7, 11) is 3.26. The summed E-state index contributed by atoms with van der Waals surface area (Å²) in [4.78, 5) is 23.8. The molecule has 1 aliphatic rings. The number of aliphatic hydroxyl groups is 1. The van der Waals surface area contributed by atoms with Crippen molar-refractivity contribution >= 4 is 11.6 Å². The number of nitrogens with zero attached hydrogens (tertiary/aromatic N) is 4. The van der Waals surface area contributed by atoms with E-state index in [1.165, 1.54) is 6.08 Å². The minimum absolute atomic E-state index is 0.107. The number of aromatic nitrogens is 4. The quantitative estimate of drug-likeness (QED) is 0.221. The Kier molecular flexibility index (Phi) is 10.1. The van der Waals surface area contributed by atoms with Gasteiger partial charge in [0.15, 0.2) is 11.6 Å². The van der Waals surface area contributed by atoms with Gasteiger partial charge in [-0.15, -0.1) is 0 Å². The number of aliphatic hydroxyl groups excluding tert-OH is 1. The van der Waals surface area contributed by atoms with Crippen molar-refractivity contribution in [1.82, 2.24) is 19.6 Å². The number of allylic oxidation sites excluding steroid dienone is 1. The Morgan fingerprint density at radius 1 is 1.02 bits per heavy atom. The number of ketones is 2. The Labute approximate surface area is 245 Å². The second-order valence-electron chi connectivity index (χ2n) is 9.88. The summed E-state index contributed by atoms with van der Waals surface area (Å²) in [5.41, 5.74) is 4.31. The van der Waals surface area contributed by atoms with Gasteiger partial charge in [-0.05, 0) is 55.3 Å². The monoisotopic (exact) mass is 572 g/mol. The van der Waals surface area contributed by atoms with Crippen molar-refractivity contribution in [2.75, 3.05) is 20.8 Å². The first-order valence-corrected chi connectivity index (χ1v) is 13.6. The largest absolute Gasteiger partial charge is 0.497 e. The van der Waals surface area contributed by atoms with E-state index in [1.807, 2.05) is 61.7 Å². The molecule has 2 unspecified atom stereocenters. The van der Waals surface area contributed by atoms with Gasteiger partial charge in [0.25, 0.3) is 0 Å². The third kappa shape index (κ3) is 7.39. The Morgan fingerprint density at radius 3 is 2.07 bits per heavy atom. The van der Waals surface area contributed by atoms with E-state index in [2.05, 4.69) is 16.8 Å². The van der Waals surface area contributed by atoms with Crippen LogP contribution in [0, 0.1) is 0 Å². The van der Waals surface area contributed by atoms with Gasteiger partial charge in [-0.25, -0.2) is 0 Å².